The lowest BCUT2D eigenvalue weighted by Gasteiger charge is -2.21. The van der Waals surface area contributed by atoms with Gasteiger partial charge in [-0.3, -0.25) is 9.59 Å². The van der Waals surface area contributed by atoms with E-state index in [9.17, 15) is 14.4 Å². The van der Waals surface area contributed by atoms with Crippen LogP contribution in [0.2, 0.25) is 0 Å². The molecule has 0 aliphatic rings. The lowest BCUT2D eigenvalue weighted by atomic mass is 9.85. The maximum Gasteiger partial charge on any atom is 0.412 e. The summed E-state index contributed by atoms with van der Waals surface area (Å²) in [5.41, 5.74) is -0.177. The Labute approximate surface area is 128 Å². The first-order chi connectivity index (χ1) is 10.2. The first-order valence-corrected chi connectivity index (χ1v) is 6.73. The van der Waals surface area contributed by atoms with Crippen molar-refractivity contribution in [2.75, 3.05) is 12.4 Å². The molecule has 0 atom stereocenters. The van der Waals surface area contributed by atoms with Crippen LogP contribution in [0.4, 0.5) is 10.5 Å². The number of anilines is 1. The van der Waals surface area contributed by atoms with E-state index in [4.69, 9.17) is 9.84 Å². The highest BCUT2D eigenvalue weighted by Crippen LogP contribution is 2.26. The third-order valence-electron chi connectivity index (χ3n) is 2.80. The minimum Gasteiger partial charge on any atom is -0.481 e. The summed E-state index contributed by atoms with van der Waals surface area (Å²) >= 11 is 0. The lowest BCUT2D eigenvalue weighted by molar-refractivity contribution is -0.139. The van der Waals surface area contributed by atoms with Gasteiger partial charge in [0, 0.05) is 25.2 Å². The number of carbonyl (C=O) groups excluding carboxylic acids is 2. The number of ether oxygens (including phenoxy) is 1. The predicted molar refractivity (Wildman–Crippen MR) is 80.8 cm³/mol. The Morgan fingerprint density at radius 3 is 2.50 bits per heavy atom. The van der Waals surface area contributed by atoms with Gasteiger partial charge in [0.1, 0.15) is 5.75 Å². The molecule has 0 bridgehead atoms. The molecule has 0 aromatic heterocycles. The second kappa shape index (κ2) is 7.44. The molecule has 0 saturated carbocycles. The minimum atomic E-state index is -0.946. The molecule has 3 N–H and O–H groups in total. The fourth-order valence-corrected chi connectivity index (χ4v) is 1.91. The predicted octanol–water partition coefficient (Wildman–Crippen LogP) is 2.23. The molecule has 0 fully saturated rings. The average Bonchev–Trinajstić information content (AvgIpc) is 2.36. The standard InChI is InChI=1S/C15H20N2O5/c1-15(2,9-13(19)20)8-12(18)17-10-5-4-6-11(7-10)22-14(21)16-3/h4-7H,8-9H2,1-3H3,(H,16,21)(H,17,18)(H,19,20). The van der Waals surface area contributed by atoms with Gasteiger partial charge in [-0.1, -0.05) is 19.9 Å². The van der Waals surface area contributed by atoms with Gasteiger partial charge >= 0.3 is 12.1 Å². The SMILES string of the molecule is CNC(=O)Oc1cccc(NC(=O)CC(C)(C)CC(=O)O)c1. The van der Waals surface area contributed by atoms with Gasteiger partial charge in [-0.15, -0.1) is 0 Å². The van der Waals surface area contributed by atoms with Crippen molar-refractivity contribution in [2.24, 2.45) is 5.41 Å². The summed E-state index contributed by atoms with van der Waals surface area (Å²) in [6.07, 6.45) is -0.633. The average molecular weight is 308 g/mol. The molecule has 0 heterocycles. The van der Waals surface area contributed by atoms with E-state index in [1.807, 2.05) is 0 Å². The largest absolute Gasteiger partial charge is 0.481 e. The minimum absolute atomic E-state index is 0.0693. The molecular weight excluding hydrogens is 288 g/mol. The molecule has 0 saturated heterocycles. The van der Waals surface area contributed by atoms with Crippen LogP contribution in [0.3, 0.4) is 0 Å². The molecule has 1 rings (SSSR count). The smallest absolute Gasteiger partial charge is 0.412 e. The second-order valence-electron chi connectivity index (χ2n) is 5.63. The van der Waals surface area contributed by atoms with Crippen LogP contribution in [0.25, 0.3) is 0 Å². The molecule has 7 heteroatoms. The number of amides is 2. The summed E-state index contributed by atoms with van der Waals surface area (Å²) in [5.74, 6) is -0.955. The Kier molecular flexibility index (Phi) is 5.91. The van der Waals surface area contributed by atoms with Crippen LogP contribution in [0.1, 0.15) is 26.7 Å². The highest BCUT2D eigenvalue weighted by molar-refractivity contribution is 5.91. The van der Waals surface area contributed by atoms with E-state index >= 15 is 0 Å². The number of rotatable bonds is 6. The van der Waals surface area contributed by atoms with Crippen molar-refractivity contribution in [1.82, 2.24) is 5.32 Å². The van der Waals surface area contributed by atoms with Crippen molar-refractivity contribution in [3.8, 4) is 5.75 Å². The Morgan fingerprint density at radius 1 is 1.23 bits per heavy atom. The van der Waals surface area contributed by atoms with Gasteiger partial charge < -0.3 is 20.5 Å². The zero-order chi connectivity index (χ0) is 16.8. The van der Waals surface area contributed by atoms with E-state index < -0.39 is 17.5 Å². The fourth-order valence-electron chi connectivity index (χ4n) is 1.91. The van der Waals surface area contributed by atoms with Gasteiger partial charge in [-0.2, -0.15) is 0 Å². The van der Waals surface area contributed by atoms with Crippen LogP contribution in [-0.4, -0.2) is 30.1 Å². The van der Waals surface area contributed by atoms with Gasteiger partial charge in [-0.25, -0.2) is 4.79 Å². The first kappa shape index (κ1) is 17.5. The van der Waals surface area contributed by atoms with Crippen molar-refractivity contribution in [3.63, 3.8) is 0 Å². The van der Waals surface area contributed by atoms with Gasteiger partial charge in [-0.05, 0) is 17.5 Å². The molecule has 7 nitrogen and oxygen atoms in total. The fraction of sp³-hybridized carbons (Fsp3) is 0.400. The Bertz CT molecular complexity index is 569. The molecule has 0 aliphatic heterocycles. The number of hydrogen-bond donors (Lipinski definition) is 3. The maximum atomic E-state index is 12.0. The monoisotopic (exact) mass is 308 g/mol. The number of aliphatic carboxylic acids is 1. The molecule has 0 aliphatic carbocycles. The molecule has 0 spiro atoms. The van der Waals surface area contributed by atoms with Crippen molar-refractivity contribution in [2.45, 2.75) is 26.7 Å². The molecular formula is C15H20N2O5. The Morgan fingerprint density at radius 2 is 1.91 bits per heavy atom. The van der Waals surface area contributed by atoms with E-state index in [-0.39, 0.29) is 18.7 Å². The van der Waals surface area contributed by atoms with Crippen molar-refractivity contribution >= 4 is 23.7 Å². The van der Waals surface area contributed by atoms with Crippen molar-refractivity contribution in [3.05, 3.63) is 24.3 Å². The quantitative estimate of drug-likeness (QED) is 0.747. The van der Waals surface area contributed by atoms with Gasteiger partial charge in [0.05, 0.1) is 6.42 Å². The van der Waals surface area contributed by atoms with E-state index in [0.29, 0.717) is 11.4 Å². The molecule has 0 unspecified atom stereocenters. The summed E-state index contributed by atoms with van der Waals surface area (Å²) in [6.45, 7) is 3.43. The molecule has 22 heavy (non-hydrogen) atoms. The summed E-state index contributed by atoms with van der Waals surface area (Å²) in [6, 6.07) is 6.38. The van der Waals surface area contributed by atoms with Gasteiger partial charge in [0.2, 0.25) is 5.91 Å². The van der Waals surface area contributed by atoms with Crippen molar-refractivity contribution < 1.29 is 24.2 Å². The van der Waals surface area contributed by atoms with Crippen molar-refractivity contribution in [1.29, 1.82) is 0 Å². The Balaban J connectivity index is 2.66. The molecule has 0 radical (unpaired) electrons. The summed E-state index contributed by atoms with van der Waals surface area (Å²) in [5, 5.41) is 13.8. The zero-order valence-electron chi connectivity index (χ0n) is 12.8. The number of carboxylic acid groups (broad SMARTS) is 1. The third kappa shape index (κ3) is 6.25. The highest BCUT2D eigenvalue weighted by atomic mass is 16.5. The molecule has 1 aromatic rings. The molecule has 1 aromatic carbocycles. The lowest BCUT2D eigenvalue weighted by Crippen LogP contribution is -2.25. The van der Waals surface area contributed by atoms with Crippen LogP contribution in [0.5, 0.6) is 5.75 Å². The normalized spacial score (nSPS) is 10.7. The molecule has 2 amide bonds. The number of carboxylic acids is 1. The Hall–Kier alpha value is -2.57. The van der Waals surface area contributed by atoms with E-state index in [2.05, 4.69) is 10.6 Å². The van der Waals surface area contributed by atoms with Gasteiger partial charge in [0.25, 0.3) is 0 Å². The number of carbonyl (C=O) groups is 3. The summed E-state index contributed by atoms with van der Waals surface area (Å²) < 4.78 is 4.96. The second-order valence-corrected chi connectivity index (χ2v) is 5.63. The highest BCUT2D eigenvalue weighted by Gasteiger charge is 2.25. The van der Waals surface area contributed by atoms with Crippen LogP contribution >= 0.6 is 0 Å². The van der Waals surface area contributed by atoms with Gasteiger partial charge in [0.15, 0.2) is 0 Å². The number of hydrogen-bond acceptors (Lipinski definition) is 4. The number of nitrogens with one attached hydrogen (secondary N) is 2. The van der Waals surface area contributed by atoms with Crippen LogP contribution < -0.4 is 15.4 Å². The first-order valence-electron chi connectivity index (χ1n) is 6.73. The maximum absolute atomic E-state index is 12.0. The van der Waals surface area contributed by atoms with Crippen LogP contribution in [0.15, 0.2) is 24.3 Å². The summed E-state index contributed by atoms with van der Waals surface area (Å²) in [7, 11) is 1.44. The van der Waals surface area contributed by atoms with Crippen LogP contribution in [0, 0.1) is 5.41 Å². The number of benzene rings is 1. The zero-order valence-corrected chi connectivity index (χ0v) is 12.8. The van der Waals surface area contributed by atoms with Crippen LogP contribution in [-0.2, 0) is 9.59 Å². The summed E-state index contributed by atoms with van der Waals surface area (Å²) in [4.78, 5) is 33.8. The van der Waals surface area contributed by atoms with E-state index in [1.54, 1.807) is 32.0 Å². The molecule has 120 valence electrons. The topological polar surface area (TPSA) is 105 Å². The van der Waals surface area contributed by atoms with E-state index in [0.717, 1.165) is 0 Å². The van der Waals surface area contributed by atoms with E-state index in [1.165, 1.54) is 13.1 Å². The third-order valence-corrected chi connectivity index (χ3v) is 2.80.